The Labute approximate surface area is 68.2 Å². The van der Waals surface area contributed by atoms with Crippen molar-refractivity contribution in [2.45, 2.75) is 27.7 Å². The molecule has 0 bridgehead atoms. The van der Waals surface area contributed by atoms with Gasteiger partial charge in [0.15, 0.2) is 0 Å². The van der Waals surface area contributed by atoms with Crippen molar-refractivity contribution < 1.29 is 9.84 Å². The highest BCUT2D eigenvalue weighted by atomic mass is 16.6. The van der Waals surface area contributed by atoms with E-state index in [2.05, 4.69) is 31.2 Å². The molecule has 2 nitrogen and oxygen atoms in total. The van der Waals surface area contributed by atoms with E-state index in [1.54, 1.807) is 0 Å². The lowest BCUT2D eigenvalue weighted by Gasteiger charge is -2.16. The van der Waals surface area contributed by atoms with Crippen LogP contribution >= 0.6 is 0 Å². The predicted octanol–water partition coefficient (Wildman–Crippen LogP) is 2.62. The second-order valence-electron chi connectivity index (χ2n) is 3.51. The summed E-state index contributed by atoms with van der Waals surface area (Å²) in [4.78, 5) is 0. The normalized spacial score (nSPS) is 10.3. The Bertz CT molecular complexity index is 190. The smallest absolute Gasteiger partial charge is 0.324 e. The van der Waals surface area contributed by atoms with Gasteiger partial charge in [0.2, 0.25) is 0 Å². The zero-order valence-corrected chi connectivity index (χ0v) is 7.86. The molecule has 0 fully saturated rings. The number of methoxy groups -OCH3 is 1. The minimum atomic E-state index is -0.155. The number of rotatable bonds is 1. The molecule has 0 aromatic heterocycles. The second kappa shape index (κ2) is 3.49. The van der Waals surface area contributed by atoms with E-state index in [1.807, 2.05) is 6.92 Å². The first kappa shape index (κ1) is 10.1. The molecule has 0 aliphatic carbocycles. The van der Waals surface area contributed by atoms with Crippen LogP contribution in [0.2, 0.25) is 0 Å². The molecule has 0 aliphatic heterocycles. The van der Waals surface area contributed by atoms with Gasteiger partial charge in [0, 0.05) is 0 Å². The van der Waals surface area contributed by atoms with Gasteiger partial charge < -0.3 is 9.84 Å². The molecule has 0 heterocycles. The first-order valence-corrected chi connectivity index (χ1v) is 3.59. The van der Waals surface area contributed by atoms with Gasteiger partial charge in [0.1, 0.15) is 0 Å². The lowest BCUT2D eigenvalue weighted by Crippen LogP contribution is -2.05. The molecule has 0 aromatic carbocycles. The summed E-state index contributed by atoms with van der Waals surface area (Å²) in [6.07, 6.45) is 0. The van der Waals surface area contributed by atoms with E-state index < -0.39 is 0 Å². The first-order chi connectivity index (χ1) is 4.88. The molecule has 2 heteroatoms. The summed E-state index contributed by atoms with van der Waals surface area (Å²) in [7, 11) is 1.41. The summed E-state index contributed by atoms with van der Waals surface area (Å²) in [6, 6.07) is 0. The summed E-state index contributed by atoms with van der Waals surface area (Å²) in [5.41, 5.74) is 3.74. The van der Waals surface area contributed by atoms with Gasteiger partial charge in [0.25, 0.3) is 0 Å². The van der Waals surface area contributed by atoms with Crippen molar-refractivity contribution in [3.63, 3.8) is 0 Å². The molecule has 0 saturated carbocycles. The average molecular weight is 156 g/mol. The second-order valence-corrected chi connectivity index (χ2v) is 3.51. The van der Waals surface area contributed by atoms with Crippen molar-refractivity contribution in [2.75, 3.05) is 7.11 Å². The number of ether oxygens (including phenoxy) is 1. The summed E-state index contributed by atoms with van der Waals surface area (Å²) >= 11 is 0. The largest absolute Gasteiger partial charge is 0.475 e. The van der Waals surface area contributed by atoms with Crippen LogP contribution in [0.15, 0.2) is 17.2 Å². The van der Waals surface area contributed by atoms with Gasteiger partial charge in [-0.15, -0.1) is 0 Å². The van der Waals surface area contributed by atoms with Gasteiger partial charge in [-0.1, -0.05) is 20.8 Å². The lowest BCUT2D eigenvalue weighted by atomic mass is 9.88. The summed E-state index contributed by atoms with van der Waals surface area (Å²) in [5.74, 6) is -0.155. The maximum absolute atomic E-state index is 8.95. The molecule has 0 aromatic rings. The third-order valence-corrected chi connectivity index (χ3v) is 1.61. The fourth-order valence-corrected chi connectivity index (χ4v) is 0.399. The monoisotopic (exact) mass is 156 g/mol. The van der Waals surface area contributed by atoms with E-state index in [4.69, 9.17) is 5.11 Å². The van der Waals surface area contributed by atoms with Crippen LogP contribution in [0.25, 0.3) is 0 Å². The van der Waals surface area contributed by atoms with Crippen molar-refractivity contribution in [3.8, 4) is 0 Å². The van der Waals surface area contributed by atoms with Crippen LogP contribution in [-0.4, -0.2) is 12.2 Å². The van der Waals surface area contributed by atoms with E-state index >= 15 is 0 Å². The van der Waals surface area contributed by atoms with Crippen molar-refractivity contribution in [3.05, 3.63) is 17.2 Å². The summed E-state index contributed by atoms with van der Waals surface area (Å²) in [6.45, 7) is 8.07. The van der Waals surface area contributed by atoms with Crippen LogP contribution < -0.4 is 0 Å². The maximum atomic E-state index is 8.95. The quantitative estimate of drug-likeness (QED) is 0.467. The van der Waals surface area contributed by atoms with Crippen LogP contribution in [0.3, 0.4) is 0 Å². The van der Waals surface area contributed by atoms with Crippen LogP contribution in [0.1, 0.15) is 27.7 Å². The number of aliphatic hydroxyl groups is 1. The Kier molecular flexibility index (Phi) is 3.21. The number of aliphatic hydroxyl groups excluding tert-OH is 1. The van der Waals surface area contributed by atoms with Gasteiger partial charge in [-0.2, -0.15) is 0 Å². The molecular weight excluding hydrogens is 140 g/mol. The highest BCUT2D eigenvalue weighted by Crippen LogP contribution is 2.23. The van der Waals surface area contributed by atoms with E-state index in [1.165, 1.54) is 7.11 Å². The Morgan fingerprint density at radius 1 is 1.36 bits per heavy atom. The number of hydrogen-bond donors (Lipinski definition) is 1. The Balaban J connectivity index is 4.72. The molecular formula is C9H16O2. The highest BCUT2D eigenvalue weighted by molar-refractivity contribution is 5.07. The van der Waals surface area contributed by atoms with Crippen LogP contribution in [0.4, 0.5) is 0 Å². The van der Waals surface area contributed by atoms with Crippen LogP contribution in [0, 0.1) is 5.41 Å². The molecule has 0 aliphatic rings. The van der Waals surface area contributed by atoms with Gasteiger partial charge >= 0.3 is 5.95 Å². The molecule has 0 rings (SSSR count). The Morgan fingerprint density at radius 3 is 2.09 bits per heavy atom. The maximum Gasteiger partial charge on any atom is 0.324 e. The molecule has 64 valence electrons. The third-order valence-electron chi connectivity index (χ3n) is 1.61. The van der Waals surface area contributed by atoms with Gasteiger partial charge in [-0.3, -0.25) is 0 Å². The van der Waals surface area contributed by atoms with Crippen LogP contribution in [-0.2, 0) is 4.74 Å². The zero-order chi connectivity index (χ0) is 9.07. The number of hydrogen-bond acceptors (Lipinski definition) is 2. The summed E-state index contributed by atoms with van der Waals surface area (Å²) in [5, 5.41) is 8.95. The summed E-state index contributed by atoms with van der Waals surface area (Å²) < 4.78 is 4.56. The van der Waals surface area contributed by atoms with E-state index in [0.717, 1.165) is 5.57 Å². The Hall–Kier alpha value is -0.880. The van der Waals surface area contributed by atoms with Crippen molar-refractivity contribution in [2.24, 2.45) is 5.41 Å². The molecule has 0 amide bonds. The van der Waals surface area contributed by atoms with Gasteiger partial charge in [-0.25, -0.2) is 0 Å². The van der Waals surface area contributed by atoms with Gasteiger partial charge in [-0.05, 0) is 23.6 Å². The van der Waals surface area contributed by atoms with Crippen molar-refractivity contribution in [1.29, 1.82) is 0 Å². The van der Waals surface area contributed by atoms with Crippen molar-refractivity contribution >= 4 is 0 Å². The van der Waals surface area contributed by atoms with Gasteiger partial charge in [0.05, 0.1) is 7.11 Å². The third kappa shape index (κ3) is 3.74. The molecule has 0 radical (unpaired) electrons. The zero-order valence-electron chi connectivity index (χ0n) is 7.86. The van der Waals surface area contributed by atoms with E-state index in [0.29, 0.717) is 0 Å². The topological polar surface area (TPSA) is 29.5 Å². The molecule has 0 atom stereocenters. The standard InChI is InChI=1S/C9H16O2/c1-7(9(2,3)4)6-8(10)11-5/h10H,1-5H3. The number of allylic oxidation sites excluding steroid dienone is 1. The fourth-order valence-electron chi connectivity index (χ4n) is 0.399. The molecule has 0 spiro atoms. The molecule has 1 N–H and O–H groups in total. The average Bonchev–Trinajstić information content (AvgIpc) is 1.85. The molecule has 11 heavy (non-hydrogen) atoms. The molecule has 0 saturated heterocycles. The predicted molar refractivity (Wildman–Crippen MR) is 45.3 cm³/mol. The minimum Gasteiger partial charge on any atom is -0.475 e. The van der Waals surface area contributed by atoms with Crippen LogP contribution in [0.5, 0.6) is 0 Å². The SMILES string of the molecule is COC(O)=C=C(C)C(C)(C)C. The Morgan fingerprint density at radius 2 is 1.82 bits per heavy atom. The fraction of sp³-hybridized carbons (Fsp3) is 0.667. The molecule has 0 unspecified atom stereocenters. The first-order valence-electron chi connectivity index (χ1n) is 3.59. The van der Waals surface area contributed by atoms with E-state index in [-0.39, 0.29) is 11.4 Å². The van der Waals surface area contributed by atoms with E-state index in [9.17, 15) is 0 Å². The van der Waals surface area contributed by atoms with Crippen molar-refractivity contribution in [1.82, 2.24) is 0 Å². The minimum absolute atomic E-state index is 0.0342. The lowest BCUT2D eigenvalue weighted by molar-refractivity contribution is 0.137. The highest BCUT2D eigenvalue weighted by Gasteiger charge is 2.12.